The molecule has 0 aliphatic heterocycles. The summed E-state index contributed by atoms with van der Waals surface area (Å²) in [7, 11) is -12.4. The maximum Gasteiger partial charge on any atom is 0.264 e. The number of halogens is 1. The number of benzene rings is 2. The van der Waals surface area contributed by atoms with Crippen molar-refractivity contribution in [1.29, 1.82) is 0 Å². The summed E-state index contributed by atoms with van der Waals surface area (Å²) < 4.78 is 76.6. The maximum absolute atomic E-state index is 13.4. The van der Waals surface area contributed by atoms with Gasteiger partial charge < -0.3 is 0 Å². The predicted molar refractivity (Wildman–Crippen MR) is 144 cm³/mol. The second kappa shape index (κ2) is 11.9. The van der Waals surface area contributed by atoms with E-state index in [0.29, 0.717) is 16.3 Å². The molecule has 0 saturated carbocycles. The molecule has 1 unspecified atom stereocenters. The highest BCUT2D eigenvalue weighted by atomic mass is 35.5. The quantitative estimate of drug-likeness (QED) is 0.354. The molecule has 2 aromatic carbocycles. The van der Waals surface area contributed by atoms with E-state index in [1.165, 1.54) is 59.8 Å². The lowest BCUT2D eigenvalue weighted by atomic mass is 10.1. The number of hydrogen-bond donors (Lipinski definition) is 1. The standard InChI is InChI=1S/C24H26ClN3O7S3/c1-3-23(36(2,30)31)37(32,33)27-24(29)19-9-7-18(8-10-19)16-28(17-21-6-4-5-15-26-21)38(34,35)22-13-11-20(25)12-14-22/h4-15,23H,3,16-17H2,1-2H3,(H,27,29). The van der Waals surface area contributed by atoms with Crippen molar-refractivity contribution in [2.75, 3.05) is 6.26 Å². The molecule has 1 atom stereocenters. The largest absolute Gasteiger partial charge is 0.268 e. The van der Waals surface area contributed by atoms with Crippen LogP contribution in [0.25, 0.3) is 0 Å². The van der Waals surface area contributed by atoms with Gasteiger partial charge in [-0.3, -0.25) is 9.78 Å². The van der Waals surface area contributed by atoms with Gasteiger partial charge in [0.15, 0.2) is 14.4 Å². The fourth-order valence-corrected chi connectivity index (χ4v) is 8.69. The fourth-order valence-electron chi connectivity index (χ4n) is 3.63. The molecule has 1 amide bonds. The minimum absolute atomic E-state index is 0.0316. The van der Waals surface area contributed by atoms with Crippen LogP contribution >= 0.6 is 11.6 Å². The van der Waals surface area contributed by atoms with E-state index in [0.717, 1.165) is 6.26 Å². The zero-order valence-electron chi connectivity index (χ0n) is 20.5. The van der Waals surface area contributed by atoms with Crippen LogP contribution in [-0.4, -0.2) is 51.3 Å². The van der Waals surface area contributed by atoms with E-state index in [-0.39, 0.29) is 30.0 Å². The van der Waals surface area contributed by atoms with E-state index < -0.39 is 40.4 Å². The van der Waals surface area contributed by atoms with Crippen LogP contribution in [0.5, 0.6) is 0 Å². The van der Waals surface area contributed by atoms with Crippen molar-refractivity contribution in [3.8, 4) is 0 Å². The number of rotatable bonds is 11. The Kier molecular flexibility index (Phi) is 9.31. The number of carbonyl (C=O) groups excluding carboxylic acids is 1. The molecule has 0 bridgehead atoms. The van der Waals surface area contributed by atoms with Crippen molar-refractivity contribution < 1.29 is 30.0 Å². The van der Waals surface area contributed by atoms with Gasteiger partial charge in [0.2, 0.25) is 10.0 Å². The number of aromatic nitrogens is 1. The summed E-state index contributed by atoms with van der Waals surface area (Å²) in [5.74, 6) is -1.00. The molecule has 10 nitrogen and oxygen atoms in total. The number of sulfone groups is 1. The molecule has 1 aromatic heterocycles. The average Bonchev–Trinajstić information content (AvgIpc) is 2.84. The van der Waals surface area contributed by atoms with Crippen LogP contribution in [-0.2, 0) is 43.0 Å². The molecule has 14 heteroatoms. The van der Waals surface area contributed by atoms with Gasteiger partial charge in [0.05, 0.1) is 17.1 Å². The highest BCUT2D eigenvalue weighted by molar-refractivity contribution is 8.08. The molecule has 1 N–H and O–H groups in total. The van der Waals surface area contributed by atoms with Gasteiger partial charge in [0.25, 0.3) is 15.9 Å². The van der Waals surface area contributed by atoms with Crippen LogP contribution in [0.3, 0.4) is 0 Å². The Hall–Kier alpha value is -2.84. The Morgan fingerprint density at radius 1 is 0.921 bits per heavy atom. The van der Waals surface area contributed by atoms with Crippen molar-refractivity contribution in [3.05, 3.63) is 94.8 Å². The molecule has 0 spiro atoms. The molecule has 1 heterocycles. The first kappa shape index (κ1) is 29.7. The van der Waals surface area contributed by atoms with Crippen molar-refractivity contribution in [1.82, 2.24) is 14.0 Å². The van der Waals surface area contributed by atoms with Gasteiger partial charge in [0, 0.05) is 29.6 Å². The van der Waals surface area contributed by atoms with E-state index in [1.807, 2.05) is 0 Å². The molecule has 0 aliphatic carbocycles. The zero-order chi connectivity index (χ0) is 28.1. The van der Waals surface area contributed by atoms with Crippen molar-refractivity contribution in [2.45, 2.75) is 35.9 Å². The van der Waals surface area contributed by atoms with Gasteiger partial charge in [-0.25, -0.2) is 30.0 Å². The molecule has 38 heavy (non-hydrogen) atoms. The van der Waals surface area contributed by atoms with Crippen LogP contribution in [0.15, 0.2) is 77.8 Å². The number of nitrogens with one attached hydrogen (secondary N) is 1. The van der Waals surface area contributed by atoms with E-state index >= 15 is 0 Å². The molecule has 0 aliphatic rings. The predicted octanol–water partition coefficient (Wildman–Crippen LogP) is 2.97. The summed E-state index contributed by atoms with van der Waals surface area (Å²) in [4.78, 5) is 16.8. The van der Waals surface area contributed by atoms with Gasteiger partial charge in [-0.1, -0.05) is 36.7 Å². The monoisotopic (exact) mass is 599 g/mol. The molecular formula is C24H26ClN3O7S3. The molecule has 3 rings (SSSR count). The number of hydrogen-bond acceptors (Lipinski definition) is 8. The minimum atomic E-state index is -4.49. The fraction of sp³-hybridized carbons (Fsp3) is 0.250. The minimum Gasteiger partial charge on any atom is -0.268 e. The third-order valence-corrected chi connectivity index (χ3v) is 12.1. The van der Waals surface area contributed by atoms with Gasteiger partial charge >= 0.3 is 0 Å². The molecule has 3 aromatic rings. The first-order valence-corrected chi connectivity index (χ1v) is 16.6. The second-order valence-corrected chi connectivity index (χ2v) is 15.2. The Labute approximate surface area is 227 Å². The topological polar surface area (TPSA) is 148 Å². The highest BCUT2D eigenvalue weighted by Gasteiger charge is 2.34. The van der Waals surface area contributed by atoms with Crippen LogP contribution in [0.2, 0.25) is 5.02 Å². The van der Waals surface area contributed by atoms with E-state index in [2.05, 4.69) is 4.98 Å². The Balaban J connectivity index is 1.85. The van der Waals surface area contributed by atoms with Crippen LogP contribution < -0.4 is 4.72 Å². The maximum atomic E-state index is 13.4. The first-order chi connectivity index (χ1) is 17.7. The Morgan fingerprint density at radius 3 is 2.08 bits per heavy atom. The van der Waals surface area contributed by atoms with E-state index in [1.54, 1.807) is 29.1 Å². The zero-order valence-corrected chi connectivity index (χ0v) is 23.7. The van der Waals surface area contributed by atoms with Gasteiger partial charge in [-0.2, -0.15) is 4.31 Å². The van der Waals surface area contributed by atoms with E-state index in [9.17, 15) is 30.0 Å². The highest BCUT2D eigenvalue weighted by Crippen LogP contribution is 2.23. The number of amides is 1. The summed E-state index contributed by atoms with van der Waals surface area (Å²) in [6.07, 6.45) is 2.11. The Morgan fingerprint density at radius 2 is 1.55 bits per heavy atom. The van der Waals surface area contributed by atoms with Crippen LogP contribution in [0, 0.1) is 0 Å². The molecule has 0 fully saturated rings. The van der Waals surface area contributed by atoms with Gasteiger partial charge in [0.1, 0.15) is 0 Å². The van der Waals surface area contributed by atoms with E-state index in [4.69, 9.17) is 11.6 Å². The Bertz CT molecular complexity index is 1590. The SMILES string of the molecule is CCC(S(C)(=O)=O)S(=O)(=O)NC(=O)c1ccc(CN(Cc2ccccn2)S(=O)(=O)c2ccc(Cl)cc2)cc1. The first-order valence-electron chi connectivity index (χ1n) is 11.2. The lowest BCUT2D eigenvalue weighted by Crippen LogP contribution is -2.41. The smallest absolute Gasteiger partial charge is 0.264 e. The summed E-state index contributed by atoms with van der Waals surface area (Å²) in [5, 5.41) is 0.387. The molecule has 0 radical (unpaired) electrons. The number of sulfonamides is 2. The van der Waals surface area contributed by atoms with Crippen LogP contribution in [0.1, 0.15) is 35.0 Å². The average molecular weight is 600 g/mol. The third-order valence-electron chi connectivity index (χ3n) is 5.48. The summed E-state index contributed by atoms with van der Waals surface area (Å²) in [5.41, 5.74) is 0.987. The van der Waals surface area contributed by atoms with Crippen molar-refractivity contribution in [2.24, 2.45) is 0 Å². The van der Waals surface area contributed by atoms with Crippen molar-refractivity contribution >= 4 is 47.4 Å². The lowest BCUT2D eigenvalue weighted by Gasteiger charge is -2.22. The van der Waals surface area contributed by atoms with Crippen molar-refractivity contribution in [3.63, 3.8) is 0 Å². The van der Waals surface area contributed by atoms with Crippen LogP contribution in [0.4, 0.5) is 0 Å². The van der Waals surface area contributed by atoms with Gasteiger partial charge in [-0.05, 0) is 60.5 Å². The molecular weight excluding hydrogens is 574 g/mol. The normalized spacial score (nSPS) is 13.3. The third kappa shape index (κ3) is 7.38. The number of pyridine rings is 1. The summed E-state index contributed by atoms with van der Waals surface area (Å²) >= 11 is 5.91. The molecule has 204 valence electrons. The molecule has 0 saturated heterocycles. The number of carbonyl (C=O) groups is 1. The summed E-state index contributed by atoms with van der Waals surface area (Å²) in [6, 6.07) is 16.5. The van der Waals surface area contributed by atoms with Gasteiger partial charge in [-0.15, -0.1) is 0 Å². The second-order valence-electron chi connectivity index (χ2n) is 8.39. The summed E-state index contributed by atoms with van der Waals surface area (Å²) in [6.45, 7) is 1.28. The lowest BCUT2D eigenvalue weighted by molar-refractivity contribution is 0.0981. The number of nitrogens with zero attached hydrogens (tertiary/aromatic N) is 2.